The topological polar surface area (TPSA) is 111 Å². The standard InChI is InChI=1S/C14H12ClN7O/c15-11-4-3-10(22-5-1-2-13(22)23)6-12(11)17-8-9(7-16)14-18-20-21-19-14/h3-4,6,8,17H,1-2,5H2,(H,18,19,20,21). The molecule has 1 amide bonds. The number of anilines is 2. The van der Waals surface area contributed by atoms with E-state index in [1.54, 1.807) is 23.1 Å². The smallest absolute Gasteiger partial charge is 0.227 e. The van der Waals surface area contributed by atoms with Gasteiger partial charge in [-0.15, -0.1) is 10.2 Å². The van der Waals surface area contributed by atoms with Crippen molar-refractivity contribution < 1.29 is 4.79 Å². The third-order valence-electron chi connectivity index (χ3n) is 3.41. The molecule has 0 unspecified atom stereocenters. The van der Waals surface area contributed by atoms with Crippen molar-refractivity contribution in [2.24, 2.45) is 0 Å². The largest absolute Gasteiger partial charge is 0.359 e. The van der Waals surface area contributed by atoms with Crippen molar-refractivity contribution in [1.82, 2.24) is 20.6 Å². The first-order valence-corrected chi connectivity index (χ1v) is 7.27. The van der Waals surface area contributed by atoms with E-state index in [0.717, 1.165) is 12.1 Å². The number of H-pyrrole nitrogens is 1. The molecule has 0 atom stereocenters. The Hall–Kier alpha value is -2.92. The van der Waals surface area contributed by atoms with Gasteiger partial charge in [0.05, 0.1) is 10.7 Å². The zero-order valence-electron chi connectivity index (χ0n) is 12.0. The molecule has 0 aliphatic carbocycles. The van der Waals surface area contributed by atoms with E-state index in [1.807, 2.05) is 6.07 Å². The fourth-order valence-electron chi connectivity index (χ4n) is 2.29. The summed E-state index contributed by atoms with van der Waals surface area (Å²) in [7, 11) is 0. The molecule has 23 heavy (non-hydrogen) atoms. The summed E-state index contributed by atoms with van der Waals surface area (Å²) in [6.07, 6.45) is 2.85. The molecule has 2 heterocycles. The maximum atomic E-state index is 11.8. The fraction of sp³-hybridized carbons (Fsp3) is 0.214. The number of aromatic amines is 1. The lowest BCUT2D eigenvalue weighted by atomic mass is 10.2. The molecule has 1 aliphatic rings. The Kier molecular flexibility index (Phi) is 4.21. The molecule has 116 valence electrons. The molecule has 1 saturated heterocycles. The highest BCUT2D eigenvalue weighted by Gasteiger charge is 2.22. The van der Waals surface area contributed by atoms with Crippen molar-refractivity contribution >= 4 is 34.5 Å². The number of carbonyl (C=O) groups excluding carboxylic acids is 1. The molecule has 0 radical (unpaired) electrons. The second-order valence-corrected chi connectivity index (χ2v) is 5.27. The van der Waals surface area contributed by atoms with Crippen molar-refractivity contribution in [1.29, 1.82) is 5.26 Å². The maximum absolute atomic E-state index is 11.8. The zero-order chi connectivity index (χ0) is 16.2. The number of nitrogens with one attached hydrogen (secondary N) is 2. The lowest BCUT2D eigenvalue weighted by Gasteiger charge is -2.17. The van der Waals surface area contributed by atoms with Gasteiger partial charge in [-0.1, -0.05) is 11.6 Å². The molecule has 8 nitrogen and oxygen atoms in total. The summed E-state index contributed by atoms with van der Waals surface area (Å²) in [5, 5.41) is 25.8. The van der Waals surface area contributed by atoms with Gasteiger partial charge in [-0.25, -0.2) is 0 Å². The summed E-state index contributed by atoms with van der Waals surface area (Å²) in [4.78, 5) is 13.5. The van der Waals surface area contributed by atoms with Crippen molar-refractivity contribution in [2.75, 3.05) is 16.8 Å². The molecule has 2 aromatic rings. The van der Waals surface area contributed by atoms with E-state index < -0.39 is 0 Å². The molecular weight excluding hydrogens is 318 g/mol. The number of aromatic nitrogens is 4. The van der Waals surface area contributed by atoms with Gasteiger partial charge in [-0.2, -0.15) is 10.5 Å². The first kappa shape index (κ1) is 15.0. The van der Waals surface area contributed by atoms with Crippen LogP contribution < -0.4 is 10.2 Å². The van der Waals surface area contributed by atoms with Crippen LogP contribution in [0, 0.1) is 11.3 Å². The maximum Gasteiger partial charge on any atom is 0.227 e. The molecule has 1 aromatic carbocycles. The Bertz CT molecular complexity index is 794. The van der Waals surface area contributed by atoms with Crippen LogP contribution in [0.25, 0.3) is 5.57 Å². The monoisotopic (exact) mass is 329 g/mol. The first-order chi connectivity index (χ1) is 11.2. The van der Waals surface area contributed by atoms with E-state index in [2.05, 4.69) is 25.9 Å². The minimum Gasteiger partial charge on any atom is -0.359 e. The molecule has 0 spiro atoms. The number of amides is 1. The van der Waals surface area contributed by atoms with E-state index in [1.165, 1.54) is 6.20 Å². The van der Waals surface area contributed by atoms with Gasteiger partial charge in [0.1, 0.15) is 11.6 Å². The Morgan fingerprint density at radius 3 is 3.04 bits per heavy atom. The number of benzene rings is 1. The minimum atomic E-state index is 0.0957. The number of allylic oxidation sites excluding steroid dienone is 1. The van der Waals surface area contributed by atoms with Crippen LogP contribution in [-0.4, -0.2) is 33.1 Å². The van der Waals surface area contributed by atoms with E-state index in [0.29, 0.717) is 23.7 Å². The molecule has 2 N–H and O–H groups in total. The summed E-state index contributed by atoms with van der Waals surface area (Å²) in [6, 6.07) is 7.25. The fourth-order valence-corrected chi connectivity index (χ4v) is 2.46. The Morgan fingerprint density at radius 1 is 1.52 bits per heavy atom. The molecule has 9 heteroatoms. The number of halogens is 1. The summed E-state index contributed by atoms with van der Waals surface area (Å²) < 4.78 is 0. The van der Waals surface area contributed by atoms with Crippen LogP contribution in [-0.2, 0) is 4.79 Å². The molecule has 1 aromatic heterocycles. The van der Waals surface area contributed by atoms with Crippen molar-refractivity contribution in [3.05, 3.63) is 35.2 Å². The number of hydrogen-bond acceptors (Lipinski definition) is 6. The summed E-state index contributed by atoms with van der Waals surface area (Å²) in [5.41, 5.74) is 1.56. The Labute approximate surface area is 136 Å². The Morgan fingerprint density at radius 2 is 2.39 bits per heavy atom. The van der Waals surface area contributed by atoms with Crippen molar-refractivity contribution in [2.45, 2.75) is 12.8 Å². The average Bonchev–Trinajstić information content (AvgIpc) is 3.21. The molecule has 0 bridgehead atoms. The van der Waals surface area contributed by atoms with Crippen LogP contribution >= 0.6 is 11.6 Å². The lowest BCUT2D eigenvalue weighted by Crippen LogP contribution is -2.23. The number of nitrogens with zero attached hydrogens (tertiary/aromatic N) is 5. The van der Waals surface area contributed by atoms with E-state index in [4.69, 9.17) is 16.9 Å². The predicted octanol–water partition coefficient (Wildman–Crippen LogP) is 1.96. The Balaban J connectivity index is 1.85. The van der Waals surface area contributed by atoms with Gasteiger partial charge in [0.25, 0.3) is 0 Å². The van der Waals surface area contributed by atoms with Crippen molar-refractivity contribution in [3.63, 3.8) is 0 Å². The normalized spacial score (nSPS) is 14.9. The van der Waals surface area contributed by atoms with Crippen LogP contribution in [0.15, 0.2) is 24.4 Å². The van der Waals surface area contributed by atoms with Gasteiger partial charge >= 0.3 is 0 Å². The average molecular weight is 330 g/mol. The first-order valence-electron chi connectivity index (χ1n) is 6.89. The molecular formula is C14H12ClN7O. The summed E-state index contributed by atoms with van der Waals surface area (Å²) in [6.45, 7) is 0.696. The van der Waals surface area contributed by atoms with Gasteiger partial charge in [-0.3, -0.25) is 4.79 Å². The minimum absolute atomic E-state index is 0.0957. The highest BCUT2D eigenvalue weighted by molar-refractivity contribution is 6.33. The predicted molar refractivity (Wildman–Crippen MR) is 84.4 cm³/mol. The number of rotatable bonds is 4. The second-order valence-electron chi connectivity index (χ2n) is 4.86. The highest BCUT2D eigenvalue weighted by atomic mass is 35.5. The van der Waals surface area contributed by atoms with Gasteiger partial charge < -0.3 is 10.2 Å². The SMILES string of the molecule is N#CC(=CNc1cc(N2CCCC2=O)ccc1Cl)c1nn[nH]n1. The summed E-state index contributed by atoms with van der Waals surface area (Å²) in [5.74, 6) is 0.278. The zero-order valence-corrected chi connectivity index (χ0v) is 12.7. The van der Waals surface area contributed by atoms with Gasteiger partial charge in [0.2, 0.25) is 11.7 Å². The number of hydrogen-bond donors (Lipinski definition) is 2. The van der Waals surface area contributed by atoms with E-state index >= 15 is 0 Å². The third kappa shape index (κ3) is 3.14. The van der Waals surface area contributed by atoms with Gasteiger partial charge in [0.15, 0.2) is 0 Å². The lowest BCUT2D eigenvalue weighted by molar-refractivity contribution is -0.117. The quantitative estimate of drug-likeness (QED) is 0.829. The molecule has 1 fully saturated rings. The van der Waals surface area contributed by atoms with Crippen LogP contribution in [0.4, 0.5) is 11.4 Å². The van der Waals surface area contributed by atoms with Crippen LogP contribution in [0.1, 0.15) is 18.7 Å². The van der Waals surface area contributed by atoms with Crippen LogP contribution in [0.2, 0.25) is 5.02 Å². The van der Waals surface area contributed by atoms with E-state index in [-0.39, 0.29) is 17.3 Å². The molecule has 1 aliphatic heterocycles. The van der Waals surface area contributed by atoms with Gasteiger partial charge in [0, 0.05) is 24.9 Å². The third-order valence-corrected chi connectivity index (χ3v) is 3.74. The number of nitriles is 1. The van der Waals surface area contributed by atoms with E-state index in [9.17, 15) is 4.79 Å². The van der Waals surface area contributed by atoms with Crippen molar-refractivity contribution in [3.8, 4) is 6.07 Å². The van der Waals surface area contributed by atoms with Gasteiger partial charge in [-0.05, 0) is 29.8 Å². The molecule has 3 rings (SSSR count). The molecule has 0 saturated carbocycles. The number of tetrazole rings is 1. The summed E-state index contributed by atoms with van der Waals surface area (Å²) >= 11 is 6.16. The van der Waals surface area contributed by atoms with Crippen LogP contribution in [0.3, 0.4) is 0 Å². The second kappa shape index (κ2) is 6.46. The highest BCUT2D eigenvalue weighted by Crippen LogP contribution is 2.30. The number of carbonyl (C=O) groups is 1. The van der Waals surface area contributed by atoms with Crippen LogP contribution in [0.5, 0.6) is 0 Å².